The largest absolute Gasteiger partial charge is 0.481 e. The zero-order chi connectivity index (χ0) is 15.0. The van der Waals surface area contributed by atoms with Gasteiger partial charge in [0.25, 0.3) is 0 Å². The minimum atomic E-state index is -5.62. The standard InChI is InChI=1S/C10H9F6NO2.ClH/c11-9(12,13)7(10(14,15)16)3-4-1-5(8(18)19)2-6(4)17;/h5-6H,1-2,17H2,(H,18,19);1H. The van der Waals surface area contributed by atoms with E-state index in [2.05, 4.69) is 0 Å². The maximum Gasteiger partial charge on any atom is 0.428 e. The molecule has 0 heterocycles. The van der Waals surface area contributed by atoms with Crippen LogP contribution in [-0.4, -0.2) is 29.5 Å². The van der Waals surface area contributed by atoms with Crippen LogP contribution in [0.4, 0.5) is 26.3 Å². The number of alkyl halides is 6. The predicted molar refractivity (Wildman–Crippen MR) is 58.2 cm³/mol. The van der Waals surface area contributed by atoms with Crippen molar-refractivity contribution in [3.8, 4) is 0 Å². The van der Waals surface area contributed by atoms with Gasteiger partial charge in [-0.15, -0.1) is 18.1 Å². The maximum absolute atomic E-state index is 12.3. The summed E-state index contributed by atoms with van der Waals surface area (Å²) in [6, 6.07) is -1.17. The molecule has 0 radical (unpaired) electrons. The average Bonchev–Trinajstić information content (AvgIpc) is 2.53. The second-order valence-electron chi connectivity index (χ2n) is 4.10. The molecule has 1 fully saturated rings. The van der Waals surface area contributed by atoms with Gasteiger partial charge in [-0.25, -0.2) is 0 Å². The van der Waals surface area contributed by atoms with Crippen molar-refractivity contribution in [3.05, 3.63) is 16.9 Å². The van der Waals surface area contributed by atoms with E-state index in [1.807, 2.05) is 0 Å². The minimum Gasteiger partial charge on any atom is -0.481 e. The molecule has 3 N–H and O–H groups in total. The van der Waals surface area contributed by atoms with Crippen LogP contribution in [0.5, 0.6) is 0 Å². The summed E-state index contributed by atoms with van der Waals surface area (Å²) in [4.78, 5) is 10.6. The van der Waals surface area contributed by atoms with Gasteiger partial charge in [0.1, 0.15) is 0 Å². The number of halogens is 7. The quantitative estimate of drug-likeness (QED) is 0.575. The van der Waals surface area contributed by atoms with E-state index in [1.54, 1.807) is 0 Å². The van der Waals surface area contributed by atoms with Gasteiger partial charge in [-0.1, -0.05) is 0 Å². The van der Waals surface area contributed by atoms with E-state index in [4.69, 9.17) is 10.8 Å². The van der Waals surface area contributed by atoms with Crippen molar-refractivity contribution in [1.82, 2.24) is 0 Å². The number of nitrogens with two attached hydrogens (primary N) is 1. The molecule has 0 aromatic rings. The Hall–Kier alpha value is -1.18. The molecule has 1 aliphatic carbocycles. The predicted octanol–water partition coefficient (Wildman–Crippen LogP) is 2.81. The highest BCUT2D eigenvalue weighted by atomic mass is 35.5. The molecule has 1 aliphatic rings. The summed E-state index contributed by atoms with van der Waals surface area (Å²) in [5.74, 6) is -2.40. The monoisotopic (exact) mass is 325 g/mol. The first-order valence-electron chi connectivity index (χ1n) is 5.05. The lowest BCUT2D eigenvalue weighted by molar-refractivity contribution is -0.171. The van der Waals surface area contributed by atoms with Crippen LogP contribution in [0, 0.1) is 5.92 Å². The zero-order valence-corrected chi connectivity index (χ0v) is 10.5. The Balaban J connectivity index is 0.00000361. The molecular formula is C10H10ClF6NO2. The summed E-state index contributed by atoms with van der Waals surface area (Å²) in [7, 11) is 0. The molecule has 1 saturated carbocycles. The van der Waals surface area contributed by atoms with Gasteiger partial charge in [0, 0.05) is 6.04 Å². The Morgan fingerprint density at radius 1 is 1.20 bits per heavy atom. The Bertz CT molecular complexity index is 434. The third-order valence-corrected chi connectivity index (χ3v) is 2.65. The van der Waals surface area contributed by atoms with Gasteiger partial charge in [0.2, 0.25) is 0 Å². The second kappa shape index (κ2) is 6.07. The highest BCUT2D eigenvalue weighted by Gasteiger charge is 2.51. The molecule has 0 aromatic carbocycles. The van der Waals surface area contributed by atoms with Crippen molar-refractivity contribution in [2.45, 2.75) is 31.2 Å². The highest BCUT2D eigenvalue weighted by Crippen LogP contribution is 2.39. The SMILES string of the molecule is Cl.NC1CC(C(=O)O)CC1=C=C(C(F)(F)F)C(F)(F)F. The van der Waals surface area contributed by atoms with Gasteiger partial charge in [-0.05, 0) is 18.4 Å². The Morgan fingerprint density at radius 2 is 1.65 bits per heavy atom. The summed E-state index contributed by atoms with van der Waals surface area (Å²) in [6.45, 7) is 0. The van der Waals surface area contributed by atoms with Gasteiger partial charge in [0.05, 0.1) is 5.92 Å². The Kier molecular flexibility index (Phi) is 5.71. The minimum absolute atomic E-state index is 0. The Morgan fingerprint density at radius 3 is 1.95 bits per heavy atom. The number of rotatable bonds is 1. The highest BCUT2D eigenvalue weighted by molar-refractivity contribution is 5.85. The molecule has 0 amide bonds. The molecule has 0 saturated heterocycles. The van der Waals surface area contributed by atoms with Crippen molar-refractivity contribution in [1.29, 1.82) is 0 Å². The lowest BCUT2D eigenvalue weighted by Gasteiger charge is -2.13. The van der Waals surface area contributed by atoms with Gasteiger partial charge in [-0.2, -0.15) is 26.3 Å². The Labute approximate surface area is 115 Å². The molecule has 1 rings (SSSR count). The average molecular weight is 326 g/mol. The molecule has 0 spiro atoms. The molecule has 116 valence electrons. The smallest absolute Gasteiger partial charge is 0.428 e. The number of hydrogen-bond acceptors (Lipinski definition) is 2. The van der Waals surface area contributed by atoms with E-state index < -0.39 is 47.8 Å². The van der Waals surface area contributed by atoms with Gasteiger partial charge >= 0.3 is 18.3 Å². The summed E-state index contributed by atoms with van der Waals surface area (Å²) in [6.07, 6.45) is -11.9. The molecule has 0 aliphatic heterocycles. The summed E-state index contributed by atoms with van der Waals surface area (Å²) < 4.78 is 73.6. The molecule has 0 bridgehead atoms. The fourth-order valence-corrected chi connectivity index (χ4v) is 1.74. The van der Waals surface area contributed by atoms with E-state index in [1.165, 1.54) is 5.73 Å². The number of carbonyl (C=O) groups is 1. The third kappa shape index (κ3) is 4.43. The molecule has 0 aromatic heterocycles. The van der Waals surface area contributed by atoms with Crippen LogP contribution < -0.4 is 5.73 Å². The van der Waals surface area contributed by atoms with Gasteiger partial charge in [-0.3, -0.25) is 4.79 Å². The van der Waals surface area contributed by atoms with E-state index in [0.29, 0.717) is 0 Å². The fourth-order valence-electron chi connectivity index (χ4n) is 1.74. The van der Waals surface area contributed by atoms with Crippen LogP contribution >= 0.6 is 12.4 Å². The van der Waals surface area contributed by atoms with E-state index in [0.717, 1.165) is 0 Å². The van der Waals surface area contributed by atoms with Crippen LogP contribution in [0.2, 0.25) is 0 Å². The first kappa shape index (κ1) is 18.8. The van der Waals surface area contributed by atoms with Crippen LogP contribution in [0.15, 0.2) is 16.9 Å². The number of hydrogen-bond donors (Lipinski definition) is 2. The van der Waals surface area contributed by atoms with Crippen LogP contribution in [0.1, 0.15) is 12.8 Å². The molecule has 3 nitrogen and oxygen atoms in total. The van der Waals surface area contributed by atoms with Crippen LogP contribution in [0.25, 0.3) is 0 Å². The molecule has 2 unspecified atom stereocenters. The third-order valence-electron chi connectivity index (χ3n) is 2.65. The molecule has 20 heavy (non-hydrogen) atoms. The number of carboxylic acid groups (broad SMARTS) is 1. The summed E-state index contributed by atoms with van der Waals surface area (Å²) >= 11 is 0. The van der Waals surface area contributed by atoms with E-state index in [9.17, 15) is 31.1 Å². The van der Waals surface area contributed by atoms with Crippen molar-refractivity contribution >= 4 is 18.4 Å². The van der Waals surface area contributed by atoms with Crippen LogP contribution in [-0.2, 0) is 4.79 Å². The topological polar surface area (TPSA) is 63.3 Å². The lowest BCUT2D eigenvalue weighted by Crippen LogP contribution is -2.26. The maximum atomic E-state index is 12.3. The lowest BCUT2D eigenvalue weighted by atomic mass is 10.1. The van der Waals surface area contributed by atoms with Crippen molar-refractivity contribution in [2.75, 3.05) is 0 Å². The summed E-state index contributed by atoms with van der Waals surface area (Å²) in [5, 5.41) is 8.65. The van der Waals surface area contributed by atoms with Crippen molar-refractivity contribution in [2.24, 2.45) is 11.7 Å². The van der Waals surface area contributed by atoms with Crippen molar-refractivity contribution < 1.29 is 36.2 Å². The van der Waals surface area contributed by atoms with Gasteiger partial charge in [0.15, 0.2) is 5.57 Å². The van der Waals surface area contributed by atoms with Crippen molar-refractivity contribution in [3.63, 3.8) is 0 Å². The fraction of sp³-hybridized carbons (Fsp3) is 0.600. The van der Waals surface area contributed by atoms with Crippen LogP contribution in [0.3, 0.4) is 0 Å². The molecule has 10 heteroatoms. The second-order valence-corrected chi connectivity index (χ2v) is 4.10. The summed E-state index contributed by atoms with van der Waals surface area (Å²) in [5.41, 5.74) is 3.29. The number of aliphatic carboxylic acids is 1. The molecular weight excluding hydrogens is 316 g/mol. The van der Waals surface area contributed by atoms with Gasteiger partial charge < -0.3 is 10.8 Å². The zero-order valence-electron chi connectivity index (χ0n) is 9.68. The molecule has 2 atom stereocenters. The first-order chi connectivity index (χ1) is 8.43. The number of carboxylic acids is 1. The normalized spacial score (nSPS) is 23.1. The van der Waals surface area contributed by atoms with E-state index >= 15 is 0 Å². The first-order valence-corrected chi connectivity index (χ1v) is 5.05. The van der Waals surface area contributed by atoms with E-state index in [-0.39, 0.29) is 18.8 Å².